The fraction of sp³-hybridized carbons (Fsp3) is 0.925. The van der Waals surface area contributed by atoms with Crippen LogP contribution in [0.2, 0.25) is 0 Å². The lowest BCUT2D eigenvalue weighted by Gasteiger charge is -2.20. The normalized spacial score (nSPS) is 12.8. The standard InChI is InChI=1S/C67H131NO3/c1-3-5-7-9-11-13-15-17-19-21-23-25-27-29-30-31-32-33-34-35-36-37-38-39-41-43-45-47-49-51-53-55-57-59-61-63-67(71)68-65(64-69)66(70)62-60-58-56-54-52-50-48-46-44-42-40-28-26-24-22-20-18-16-14-12-10-8-6-4-2/h21,23,60,62,65-66,69-70H,3-20,22,24-59,61,63-64H2,1-2H3,(H,68,71)/b23-21-,62-60+. The van der Waals surface area contributed by atoms with Gasteiger partial charge in [-0.25, -0.2) is 0 Å². The summed E-state index contributed by atoms with van der Waals surface area (Å²) in [5.74, 6) is -0.0549. The van der Waals surface area contributed by atoms with Crippen molar-refractivity contribution in [1.82, 2.24) is 5.32 Å². The summed E-state index contributed by atoms with van der Waals surface area (Å²) >= 11 is 0. The van der Waals surface area contributed by atoms with Gasteiger partial charge < -0.3 is 15.5 Å². The first kappa shape index (κ1) is 69.9. The highest BCUT2D eigenvalue weighted by Gasteiger charge is 2.18. The van der Waals surface area contributed by atoms with Gasteiger partial charge in [0.15, 0.2) is 0 Å². The molecule has 0 fully saturated rings. The molecule has 0 aromatic carbocycles. The molecule has 0 saturated carbocycles. The second kappa shape index (κ2) is 63.2. The average molecular weight is 999 g/mol. The summed E-state index contributed by atoms with van der Waals surface area (Å²) in [6.45, 7) is 4.36. The van der Waals surface area contributed by atoms with E-state index in [0.717, 1.165) is 25.7 Å². The summed E-state index contributed by atoms with van der Waals surface area (Å²) in [4.78, 5) is 12.5. The molecule has 0 rings (SSSR count). The van der Waals surface area contributed by atoms with Crippen molar-refractivity contribution in [3.8, 4) is 0 Å². The number of aliphatic hydroxyl groups is 2. The smallest absolute Gasteiger partial charge is 0.220 e. The lowest BCUT2D eigenvalue weighted by molar-refractivity contribution is -0.123. The van der Waals surface area contributed by atoms with Crippen molar-refractivity contribution in [2.45, 2.75) is 392 Å². The Morgan fingerprint density at radius 2 is 0.535 bits per heavy atom. The molecule has 0 bridgehead atoms. The highest BCUT2D eigenvalue weighted by atomic mass is 16.3. The number of rotatable bonds is 62. The van der Waals surface area contributed by atoms with E-state index in [1.165, 1.54) is 334 Å². The van der Waals surface area contributed by atoms with Crippen LogP contribution in [0.15, 0.2) is 24.3 Å². The maximum atomic E-state index is 12.5. The SMILES string of the molecule is CCCCCCCCCC/C=C\CCCCCCCCCCCCCCCCCCCCCCCCCC(=O)NC(CO)C(O)/C=C/CCCCCCCCCCCCCCCCCCCCCCCC. The van der Waals surface area contributed by atoms with Crippen molar-refractivity contribution in [3.63, 3.8) is 0 Å². The van der Waals surface area contributed by atoms with Gasteiger partial charge in [-0.1, -0.05) is 353 Å². The van der Waals surface area contributed by atoms with Gasteiger partial charge in [0.25, 0.3) is 0 Å². The van der Waals surface area contributed by atoms with E-state index in [1.807, 2.05) is 6.08 Å². The highest BCUT2D eigenvalue weighted by Crippen LogP contribution is 2.19. The Bertz CT molecular complexity index is 1040. The monoisotopic (exact) mass is 998 g/mol. The van der Waals surface area contributed by atoms with Crippen LogP contribution in [0.3, 0.4) is 0 Å². The molecule has 0 spiro atoms. The Morgan fingerprint density at radius 1 is 0.324 bits per heavy atom. The molecule has 0 aliphatic heterocycles. The predicted molar refractivity (Wildman–Crippen MR) is 318 cm³/mol. The number of hydrogen-bond acceptors (Lipinski definition) is 3. The van der Waals surface area contributed by atoms with Crippen molar-refractivity contribution >= 4 is 5.91 Å². The van der Waals surface area contributed by atoms with Gasteiger partial charge in [-0.05, 0) is 44.9 Å². The molecule has 2 unspecified atom stereocenters. The molecule has 0 heterocycles. The van der Waals surface area contributed by atoms with Gasteiger partial charge in [-0.3, -0.25) is 4.79 Å². The first-order chi connectivity index (χ1) is 35.2. The van der Waals surface area contributed by atoms with Crippen LogP contribution in [0.4, 0.5) is 0 Å². The Balaban J connectivity index is 3.40. The van der Waals surface area contributed by atoms with Gasteiger partial charge in [0.2, 0.25) is 5.91 Å². The Morgan fingerprint density at radius 3 is 0.775 bits per heavy atom. The zero-order valence-corrected chi connectivity index (χ0v) is 48.8. The molecule has 4 heteroatoms. The second-order valence-corrected chi connectivity index (χ2v) is 22.9. The van der Waals surface area contributed by atoms with E-state index in [4.69, 9.17) is 0 Å². The van der Waals surface area contributed by atoms with Crippen LogP contribution in [0.1, 0.15) is 380 Å². The summed E-state index contributed by atoms with van der Waals surface area (Å²) in [6.07, 6.45) is 85.4. The molecule has 422 valence electrons. The number of carbonyl (C=O) groups excluding carboxylic acids is 1. The molecule has 4 nitrogen and oxygen atoms in total. The van der Waals surface area contributed by atoms with E-state index in [9.17, 15) is 15.0 Å². The molecule has 1 amide bonds. The van der Waals surface area contributed by atoms with Crippen LogP contribution < -0.4 is 5.32 Å². The van der Waals surface area contributed by atoms with E-state index in [1.54, 1.807) is 6.08 Å². The lowest BCUT2D eigenvalue weighted by atomic mass is 10.0. The zero-order valence-electron chi connectivity index (χ0n) is 48.8. The molecular weight excluding hydrogens is 867 g/mol. The lowest BCUT2D eigenvalue weighted by Crippen LogP contribution is -2.45. The van der Waals surface area contributed by atoms with Crippen molar-refractivity contribution < 1.29 is 15.0 Å². The summed E-state index contributed by atoms with van der Waals surface area (Å²) in [7, 11) is 0. The van der Waals surface area contributed by atoms with E-state index < -0.39 is 12.1 Å². The number of aliphatic hydroxyl groups excluding tert-OH is 2. The molecule has 71 heavy (non-hydrogen) atoms. The Kier molecular flexibility index (Phi) is 62.2. The van der Waals surface area contributed by atoms with Crippen LogP contribution in [0.25, 0.3) is 0 Å². The Labute approximate surface area is 447 Å². The molecule has 0 saturated heterocycles. The van der Waals surface area contributed by atoms with Crippen molar-refractivity contribution in [2.24, 2.45) is 0 Å². The number of amides is 1. The second-order valence-electron chi connectivity index (χ2n) is 22.9. The number of unbranched alkanes of at least 4 members (excludes halogenated alkanes) is 53. The fourth-order valence-corrected chi connectivity index (χ4v) is 10.7. The van der Waals surface area contributed by atoms with Gasteiger partial charge in [0.1, 0.15) is 0 Å². The van der Waals surface area contributed by atoms with Gasteiger partial charge in [-0.2, -0.15) is 0 Å². The molecular formula is C67H131NO3. The minimum absolute atomic E-state index is 0.0549. The van der Waals surface area contributed by atoms with Crippen LogP contribution in [0.5, 0.6) is 0 Å². The Hall–Kier alpha value is -1.13. The van der Waals surface area contributed by atoms with Gasteiger partial charge in [0.05, 0.1) is 18.8 Å². The minimum Gasteiger partial charge on any atom is -0.394 e. The van der Waals surface area contributed by atoms with Crippen LogP contribution in [0, 0.1) is 0 Å². The van der Waals surface area contributed by atoms with Gasteiger partial charge in [0, 0.05) is 6.42 Å². The molecule has 2 atom stereocenters. The number of nitrogens with one attached hydrogen (secondary N) is 1. The van der Waals surface area contributed by atoms with Crippen molar-refractivity contribution in [2.75, 3.05) is 6.61 Å². The third kappa shape index (κ3) is 59.6. The number of carbonyl (C=O) groups is 1. The molecule has 0 aromatic heterocycles. The van der Waals surface area contributed by atoms with Crippen molar-refractivity contribution in [1.29, 1.82) is 0 Å². The molecule has 0 aliphatic carbocycles. The quantitative estimate of drug-likeness (QED) is 0.0420. The van der Waals surface area contributed by atoms with E-state index >= 15 is 0 Å². The van der Waals surface area contributed by atoms with E-state index in [-0.39, 0.29) is 12.5 Å². The van der Waals surface area contributed by atoms with Gasteiger partial charge >= 0.3 is 0 Å². The molecule has 0 aromatic rings. The summed E-state index contributed by atoms with van der Waals surface area (Å²) in [5, 5.41) is 23.3. The highest BCUT2D eigenvalue weighted by molar-refractivity contribution is 5.76. The first-order valence-corrected chi connectivity index (χ1v) is 33.1. The first-order valence-electron chi connectivity index (χ1n) is 33.1. The average Bonchev–Trinajstić information content (AvgIpc) is 3.37. The topological polar surface area (TPSA) is 69.6 Å². The summed E-state index contributed by atoms with van der Waals surface area (Å²) in [6, 6.07) is -0.620. The van der Waals surface area contributed by atoms with E-state index in [2.05, 4.69) is 31.3 Å². The third-order valence-electron chi connectivity index (χ3n) is 15.7. The number of allylic oxidation sites excluding steroid dienone is 3. The third-order valence-corrected chi connectivity index (χ3v) is 15.7. The largest absolute Gasteiger partial charge is 0.394 e. The fourth-order valence-electron chi connectivity index (χ4n) is 10.7. The zero-order chi connectivity index (χ0) is 51.3. The maximum Gasteiger partial charge on any atom is 0.220 e. The molecule has 0 aliphatic rings. The minimum atomic E-state index is -0.838. The number of hydrogen-bond donors (Lipinski definition) is 3. The van der Waals surface area contributed by atoms with Crippen LogP contribution in [-0.2, 0) is 4.79 Å². The summed E-state index contributed by atoms with van der Waals surface area (Å²) < 4.78 is 0. The molecule has 0 radical (unpaired) electrons. The summed E-state index contributed by atoms with van der Waals surface area (Å²) in [5.41, 5.74) is 0. The van der Waals surface area contributed by atoms with Gasteiger partial charge in [-0.15, -0.1) is 0 Å². The van der Waals surface area contributed by atoms with Crippen LogP contribution >= 0.6 is 0 Å². The van der Waals surface area contributed by atoms with Crippen LogP contribution in [-0.4, -0.2) is 34.9 Å². The predicted octanol–water partition coefficient (Wildman–Crippen LogP) is 22.2. The van der Waals surface area contributed by atoms with Crippen molar-refractivity contribution in [3.05, 3.63) is 24.3 Å². The van der Waals surface area contributed by atoms with E-state index in [0.29, 0.717) is 6.42 Å². The maximum absolute atomic E-state index is 12.5. The molecule has 3 N–H and O–H groups in total.